The monoisotopic (exact) mass is 522 g/mol. The first-order valence-corrected chi connectivity index (χ1v) is 14.1. The molecular weight excluding hydrogens is 491 g/mol. The van der Waals surface area contributed by atoms with Gasteiger partial charge in [0.25, 0.3) is 0 Å². The zero-order valence-corrected chi connectivity index (χ0v) is 22.0. The zero-order valence-electron chi connectivity index (χ0n) is 19.0. The van der Waals surface area contributed by atoms with Crippen molar-refractivity contribution >= 4 is 20.9 Å². The Hall–Kier alpha value is -1.33. The van der Waals surface area contributed by atoms with E-state index in [9.17, 15) is 0 Å². The Bertz CT molecular complexity index is 705. The second-order valence-corrected chi connectivity index (χ2v) is 8.27. The molecule has 5 rings (SSSR count). The molecule has 0 N–H and O–H groups in total. The molecule has 0 amide bonds. The number of ether oxygens (including phenoxy) is 2. The summed E-state index contributed by atoms with van der Waals surface area (Å²) in [6.45, 7) is 0. The second kappa shape index (κ2) is 18.1. The van der Waals surface area contributed by atoms with Crippen molar-refractivity contribution in [2.24, 2.45) is 0 Å². The Balaban J connectivity index is 0.000000261. The molecule has 0 aliphatic heterocycles. The van der Waals surface area contributed by atoms with Gasteiger partial charge in [-0.1, -0.05) is 12.8 Å². The van der Waals surface area contributed by atoms with Crippen LogP contribution in [0.2, 0.25) is 5.15 Å². The van der Waals surface area contributed by atoms with Gasteiger partial charge in [-0.05, 0) is 56.5 Å². The Morgan fingerprint density at radius 2 is 1.18 bits per heavy atom. The molecule has 0 saturated heterocycles. The van der Waals surface area contributed by atoms with Gasteiger partial charge < -0.3 is 15.5 Å². The van der Waals surface area contributed by atoms with E-state index in [2.05, 4.69) is 25.3 Å². The smallest absolute Gasteiger partial charge is 0.172 e. The maximum atomic E-state index is 6.02. The first kappa shape index (κ1) is 27.9. The number of rotatable bonds is 4. The van der Waals surface area contributed by atoms with Crippen molar-refractivity contribution in [3.8, 4) is 11.9 Å². The van der Waals surface area contributed by atoms with Crippen LogP contribution in [0.15, 0.2) is 60.7 Å². The summed E-state index contributed by atoms with van der Waals surface area (Å²) >= 11 is 7.49. The van der Waals surface area contributed by atoms with E-state index in [1.54, 1.807) is 0 Å². The van der Waals surface area contributed by atoms with Gasteiger partial charge in [-0.15, -0.1) is 11.6 Å². The molecule has 7 heteroatoms. The normalized spacial score (nSPS) is 16.1. The minimum absolute atomic E-state index is 0.208. The van der Waals surface area contributed by atoms with E-state index in [-0.39, 0.29) is 17.4 Å². The maximum absolute atomic E-state index is 6.02. The van der Waals surface area contributed by atoms with E-state index in [0.717, 1.165) is 25.7 Å². The third kappa shape index (κ3) is 12.6. The van der Waals surface area contributed by atoms with E-state index < -0.39 is 0 Å². The predicted octanol–water partition coefficient (Wildman–Crippen LogP) is 7.85. The molecule has 2 saturated carbocycles. The van der Waals surface area contributed by atoms with Gasteiger partial charge in [0, 0.05) is 5.88 Å². The van der Waals surface area contributed by atoms with Crippen LogP contribution < -0.4 is 9.47 Å². The molecule has 2 aliphatic carbocycles. The number of nitrogens with zero attached hydrogens (tertiary/aromatic N) is 2. The molecular formula is C26H32Cl2N2O2Ti. The van der Waals surface area contributed by atoms with Crippen molar-refractivity contribution in [1.82, 2.24) is 9.97 Å². The van der Waals surface area contributed by atoms with Crippen LogP contribution in [0, 0.1) is 6.07 Å². The van der Waals surface area contributed by atoms with Gasteiger partial charge in [-0.2, -0.15) is 41.4 Å². The van der Waals surface area contributed by atoms with Gasteiger partial charge >= 0.3 is 34.7 Å². The summed E-state index contributed by atoms with van der Waals surface area (Å²) in [4.78, 5) is 8.44. The summed E-state index contributed by atoms with van der Waals surface area (Å²) in [5.41, 5.74) is 0. The van der Waals surface area contributed by atoms with Crippen molar-refractivity contribution in [1.29, 1.82) is 0 Å². The van der Waals surface area contributed by atoms with E-state index in [0.29, 0.717) is 11.9 Å². The van der Waals surface area contributed by atoms with Crippen molar-refractivity contribution < 1.29 is 28.8 Å². The van der Waals surface area contributed by atoms with Crippen LogP contribution in [-0.2, 0) is 19.4 Å². The molecule has 0 radical (unpaired) electrons. The molecule has 33 heavy (non-hydrogen) atoms. The summed E-state index contributed by atoms with van der Waals surface area (Å²) in [5, 5.41) is 0.265. The summed E-state index contributed by atoms with van der Waals surface area (Å²) < 4.78 is 11.8. The third-order valence-electron chi connectivity index (χ3n) is 5.37. The fraction of sp³-hybridized carbons (Fsp3) is 0.462. The van der Waals surface area contributed by atoms with E-state index in [1.807, 2.05) is 60.7 Å². The van der Waals surface area contributed by atoms with E-state index in [4.69, 9.17) is 21.1 Å². The molecule has 0 unspecified atom stereocenters. The number of aromatic nitrogens is 2. The Kier molecular flexibility index (Phi) is 15.3. The zero-order chi connectivity index (χ0) is 23.6. The molecule has 2 fully saturated rings. The molecule has 4 nitrogen and oxygen atoms in total. The van der Waals surface area contributed by atoms with Gasteiger partial charge in [0.2, 0.25) is 0 Å². The molecule has 1 aromatic heterocycles. The number of hydrogen-bond acceptors (Lipinski definition) is 4. The molecule has 0 spiro atoms. The topological polar surface area (TPSA) is 44.2 Å². The standard InChI is InChI=1S/C16H22ClN2O2.2C5H5.ClH.Ti/c17-14-11-15(20-12-7-3-1-4-8-12)19-16(18-14)21-13-9-5-2-6-10-13;2*1-2-4-5-3-1;;/h12-13H,1-10H2;2*1-5H;1H;/q3*-1;;+4/p-1. The molecule has 2 aromatic carbocycles. The molecule has 2 aliphatic rings. The van der Waals surface area contributed by atoms with Gasteiger partial charge in [0.05, 0.1) is 6.10 Å². The number of hydrogen-bond donors (Lipinski definition) is 0. The summed E-state index contributed by atoms with van der Waals surface area (Å²) in [6, 6.07) is 23.2. The first-order valence-electron chi connectivity index (χ1n) is 11.6. The molecule has 0 bridgehead atoms. The molecule has 1 heterocycles. The SMILES string of the molecule is Clc1[c-]c(OC2CCCCC2)nc(OC2CCCCC2)n1.[Cl][Ti+3].c1cc[cH-]c1.c1cc[cH-]c1. The second-order valence-electron chi connectivity index (χ2n) is 7.91. The average molecular weight is 523 g/mol. The quantitative estimate of drug-likeness (QED) is 0.199. The minimum atomic E-state index is 0.208. The summed E-state index contributed by atoms with van der Waals surface area (Å²) in [5.74, 6) is 0.424. The van der Waals surface area contributed by atoms with E-state index in [1.165, 1.54) is 57.9 Å². The van der Waals surface area contributed by atoms with Gasteiger partial charge in [0.1, 0.15) is 6.10 Å². The Labute approximate surface area is 219 Å². The van der Waals surface area contributed by atoms with Crippen LogP contribution in [0.4, 0.5) is 0 Å². The summed E-state index contributed by atoms with van der Waals surface area (Å²) in [6.07, 6.45) is 12.2. The van der Waals surface area contributed by atoms with Crippen LogP contribution in [0.25, 0.3) is 0 Å². The van der Waals surface area contributed by atoms with Crippen LogP contribution in [0.3, 0.4) is 0 Å². The number of halogens is 2. The van der Waals surface area contributed by atoms with Gasteiger partial charge in [-0.3, -0.25) is 0 Å². The molecule has 0 atom stereocenters. The van der Waals surface area contributed by atoms with Crippen LogP contribution >= 0.6 is 20.9 Å². The van der Waals surface area contributed by atoms with Gasteiger partial charge in [-0.25, -0.2) is 29.2 Å². The maximum Gasteiger partial charge on any atom is -0.172 e. The predicted molar refractivity (Wildman–Crippen MR) is 131 cm³/mol. The van der Waals surface area contributed by atoms with Crippen molar-refractivity contribution in [3.63, 3.8) is 0 Å². The summed E-state index contributed by atoms with van der Waals surface area (Å²) in [7, 11) is 4.64. The van der Waals surface area contributed by atoms with Crippen molar-refractivity contribution in [2.45, 2.75) is 76.4 Å². The average Bonchev–Trinajstić information content (AvgIpc) is 3.61. The molecule has 176 valence electrons. The first-order chi connectivity index (χ1) is 16.3. The van der Waals surface area contributed by atoms with Crippen molar-refractivity contribution in [2.75, 3.05) is 0 Å². The van der Waals surface area contributed by atoms with Gasteiger partial charge in [0.15, 0.2) is 0 Å². The largest absolute Gasteiger partial charge is 0.214 e. The van der Waals surface area contributed by atoms with Crippen LogP contribution in [0.5, 0.6) is 11.9 Å². The fourth-order valence-corrected chi connectivity index (χ4v) is 3.92. The van der Waals surface area contributed by atoms with Crippen molar-refractivity contribution in [3.05, 3.63) is 71.9 Å². The minimum Gasteiger partial charge on any atom is -0.214 e. The Morgan fingerprint density at radius 3 is 1.61 bits per heavy atom. The molecule has 3 aromatic rings. The van der Waals surface area contributed by atoms with Crippen LogP contribution in [0.1, 0.15) is 64.2 Å². The third-order valence-corrected chi connectivity index (χ3v) is 5.55. The Morgan fingerprint density at radius 1 is 0.727 bits per heavy atom. The fourth-order valence-electron chi connectivity index (χ4n) is 3.76. The van der Waals surface area contributed by atoms with E-state index >= 15 is 0 Å². The van der Waals surface area contributed by atoms with Crippen LogP contribution in [-0.4, -0.2) is 22.2 Å².